The van der Waals surface area contributed by atoms with Crippen LogP contribution in [0.1, 0.15) is 26.6 Å². The smallest absolute Gasteiger partial charge is 0.261 e. The van der Waals surface area contributed by atoms with Gasteiger partial charge in [0.1, 0.15) is 11.4 Å². The van der Waals surface area contributed by atoms with Crippen LogP contribution in [0, 0.1) is 3.57 Å². The van der Waals surface area contributed by atoms with Crippen LogP contribution >= 0.6 is 22.6 Å². The van der Waals surface area contributed by atoms with Crippen LogP contribution in [-0.4, -0.2) is 21.9 Å². The number of halogens is 1. The zero-order chi connectivity index (χ0) is 14.0. The van der Waals surface area contributed by atoms with Gasteiger partial charge < -0.3 is 14.4 Å². The van der Waals surface area contributed by atoms with E-state index in [1.54, 1.807) is 18.2 Å². The number of nitrogens with zero attached hydrogens (tertiary/aromatic N) is 2. The van der Waals surface area contributed by atoms with Gasteiger partial charge in [-0.25, -0.2) is 0 Å². The zero-order valence-electron chi connectivity index (χ0n) is 11.0. The second kappa shape index (κ2) is 5.46. The number of rotatable bonds is 4. The molecule has 1 heterocycles. The van der Waals surface area contributed by atoms with E-state index in [9.17, 15) is 5.11 Å². The third-order valence-corrected chi connectivity index (χ3v) is 3.33. The molecule has 102 valence electrons. The Morgan fingerprint density at radius 1 is 1.42 bits per heavy atom. The van der Waals surface area contributed by atoms with Crippen LogP contribution in [0.5, 0.6) is 5.75 Å². The number of hydrogen-bond acceptors (Lipinski definition) is 5. The van der Waals surface area contributed by atoms with Gasteiger partial charge in [-0.2, -0.15) is 4.98 Å². The van der Waals surface area contributed by atoms with E-state index in [0.29, 0.717) is 23.9 Å². The average Bonchev–Trinajstić information content (AvgIpc) is 2.82. The molecule has 0 aliphatic rings. The van der Waals surface area contributed by atoms with Crippen LogP contribution in [0.3, 0.4) is 0 Å². The molecule has 0 saturated carbocycles. The van der Waals surface area contributed by atoms with E-state index < -0.39 is 5.60 Å². The molecule has 0 aliphatic carbocycles. The summed E-state index contributed by atoms with van der Waals surface area (Å²) in [6.45, 7) is 6.22. The molecule has 6 heteroatoms. The summed E-state index contributed by atoms with van der Waals surface area (Å²) >= 11 is 2.16. The van der Waals surface area contributed by atoms with Gasteiger partial charge in [-0.05, 0) is 61.6 Å². The van der Waals surface area contributed by atoms with Gasteiger partial charge >= 0.3 is 0 Å². The Morgan fingerprint density at radius 3 is 2.84 bits per heavy atom. The summed E-state index contributed by atoms with van der Waals surface area (Å²) in [7, 11) is 0. The highest BCUT2D eigenvalue weighted by Gasteiger charge is 2.28. The third-order valence-electron chi connectivity index (χ3n) is 2.66. The minimum absolute atomic E-state index is 0.116. The van der Waals surface area contributed by atoms with E-state index in [0.717, 1.165) is 3.57 Å². The van der Waals surface area contributed by atoms with E-state index in [4.69, 9.17) is 9.26 Å². The van der Waals surface area contributed by atoms with Crippen LogP contribution in [0.15, 0.2) is 22.7 Å². The molecule has 0 saturated heterocycles. The van der Waals surface area contributed by atoms with E-state index in [1.165, 1.54) is 0 Å². The lowest BCUT2D eigenvalue weighted by atomic mass is 10.1. The Labute approximate surface area is 125 Å². The lowest BCUT2D eigenvalue weighted by Crippen LogP contribution is -2.23. The molecule has 0 amide bonds. The minimum atomic E-state index is -0.617. The zero-order valence-corrected chi connectivity index (χ0v) is 13.1. The predicted molar refractivity (Wildman–Crippen MR) is 78.8 cm³/mol. The lowest BCUT2D eigenvalue weighted by Gasteiger charge is -2.19. The summed E-state index contributed by atoms with van der Waals surface area (Å²) in [4.78, 5) is 4.31. The maximum absolute atomic E-state index is 9.84. The van der Waals surface area contributed by atoms with E-state index in [2.05, 4.69) is 32.7 Å². The Morgan fingerprint density at radius 2 is 2.16 bits per heavy atom. The summed E-state index contributed by atoms with van der Waals surface area (Å²) in [6.07, 6.45) is 0. The highest BCUT2D eigenvalue weighted by Crippen LogP contribution is 2.31. The number of aromatic nitrogens is 2. The van der Waals surface area contributed by atoms with Gasteiger partial charge in [-0.1, -0.05) is 5.16 Å². The molecule has 2 rings (SSSR count). The third kappa shape index (κ3) is 3.06. The van der Waals surface area contributed by atoms with Gasteiger partial charge in [-0.15, -0.1) is 0 Å². The fraction of sp³-hybridized carbons (Fsp3) is 0.385. The molecular formula is C13H15IN2O3. The molecule has 0 fully saturated rings. The Bertz CT molecular complexity index is 581. The van der Waals surface area contributed by atoms with Gasteiger partial charge in [0.15, 0.2) is 0 Å². The van der Waals surface area contributed by atoms with Crippen molar-refractivity contribution in [2.45, 2.75) is 26.4 Å². The number of benzene rings is 1. The van der Waals surface area contributed by atoms with Gasteiger partial charge in [0.25, 0.3) is 5.89 Å². The topological polar surface area (TPSA) is 68.4 Å². The molecule has 1 aromatic heterocycles. The first kappa shape index (κ1) is 14.3. The number of phenolic OH excluding ortho intramolecular Hbond substituents is 1. The van der Waals surface area contributed by atoms with Crippen LogP contribution in [0.25, 0.3) is 11.5 Å². The van der Waals surface area contributed by atoms with Crippen LogP contribution in [0.2, 0.25) is 0 Å². The number of aromatic hydroxyl groups is 1. The van der Waals surface area contributed by atoms with Crippen LogP contribution in [-0.2, 0) is 10.3 Å². The van der Waals surface area contributed by atoms with Gasteiger partial charge in [0.2, 0.25) is 5.82 Å². The highest BCUT2D eigenvalue weighted by atomic mass is 127. The largest absolute Gasteiger partial charge is 0.507 e. The molecule has 0 unspecified atom stereocenters. The second-order valence-electron chi connectivity index (χ2n) is 4.53. The fourth-order valence-electron chi connectivity index (χ4n) is 1.68. The Balaban J connectivity index is 2.38. The molecule has 1 N–H and O–H groups in total. The monoisotopic (exact) mass is 374 g/mol. The number of hydrogen-bond donors (Lipinski definition) is 1. The summed E-state index contributed by atoms with van der Waals surface area (Å²) < 4.78 is 11.8. The summed E-state index contributed by atoms with van der Waals surface area (Å²) in [5.41, 5.74) is -0.0911. The minimum Gasteiger partial charge on any atom is -0.507 e. The summed E-state index contributed by atoms with van der Waals surface area (Å²) in [5.74, 6) is 0.867. The van der Waals surface area contributed by atoms with Crippen molar-refractivity contribution in [1.29, 1.82) is 0 Å². The van der Waals surface area contributed by atoms with Crippen molar-refractivity contribution in [3.8, 4) is 17.2 Å². The predicted octanol–water partition coefficient (Wildman–Crippen LogP) is 3.32. The molecule has 1 aromatic carbocycles. The second-order valence-corrected chi connectivity index (χ2v) is 5.77. The molecule has 0 radical (unpaired) electrons. The molecule has 0 aliphatic heterocycles. The molecule has 19 heavy (non-hydrogen) atoms. The first-order valence-electron chi connectivity index (χ1n) is 5.91. The quantitative estimate of drug-likeness (QED) is 0.832. The molecular weight excluding hydrogens is 359 g/mol. The number of phenols is 1. The molecule has 5 nitrogen and oxygen atoms in total. The molecule has 0 bridgehead atoms. The average molecular weight is 374 g/mol. The van der Waals surface area contributed by atoms with Crippen LogP contribution < -0.4 is 0 Å². The number of ether oxygens (including phenoxy) is 1. The maximum Gasteiger partial charge on any atom is 0.261 e. The van der Waals surface area contributed by atoms with Crippen molar-refractivity contribution >= 4 is 22.6 Å². The Kier molecular flexibility index (Phi) is 4.10. The fourth-order valence-corrected chi connectivity index (χ4v) is 2.17. The SMILES string of the molecule is CCOC(C)(C)c1noc(-c2cc(I)ccc2O)n1. The normalized spacial score (nSPS) is 11.8. The van der Waals surface area contributed by atoms with Gasteiger partial charge in [0.05, 0.1) is 5.56 Å². The molecule has 2 aromatic rings. The Hall–Kier alpha value is -1.15. The van der Waals surface area contributed by atoms with Crippen molar-refractivity contribution in [1.82, 2.24) is 10.1 Å². The van der Waals surface area contributed by atoms with Crippen molar-refractivity contribution < 1.29 is 14.4 Å². The van der Waals surface area contributed by atoms with E-state index in [-0.39, 0.29) is 5.75 Å². The molecule has 0 atom stereocenters. The summed E-state index contributed by atoms with van der Waals surface area (Å²) in [6, 6.07) is 5.20. The first-order chi connectivity index (χ1) is 8.94. The maximum atomic E-state index is 9.84. The van der Waals surface area contributed by atoms with Crippen molar-refractivity contribution in [3.05, 3.63) is 27.6 Å². The lowest BCUT2D eigenvalue weighted by molar-refractivity contribution is -0.0221. The van der Waals surface area contributed by atoms with Crippen LogP contribution in [0.4, 0.5) is 0 Å². The van der Waals surface area contributed by atoms with Gasteiger partial charge in [-0.3, -0.25) is 0 Å². The van der Waals surface area contributed by atoms with Crippen molar-refractivity contribution in [2.24, 2.45) is 0 Å². The summed E-state index contributed by atoms with van der Waals surface area (Å²) in [5, 5.41) is 13.8. The standard InChI is InChI=1S/C13H15IN2O3/c1-4-18-13(2,3)12-15-11(19-16-12)9-7-8(14)5-6-10(9)17/h5-7,17H,4H2,1-3H3. The molecule has 0 spiro atoms. The highest BCUT2D eigenvalue weighted by molar-refractivity contribution is 14.1. The van der Waals surface area contributed by atoms with Crippen molar-refractivity contribution in [3.63, 3.8) is 0 Å². The van der Waals surface area contributed by atoms with E-state index >= 15 is 0 Å². The van der Waals surface area contributed by atoms with Crippen molar-refractivity contribution in [2.75, 3.05) is 6.61 Å². The van der Waals surface area contributed by atoms with E-state index in [1.807, 2.05) is 20.8 Å². The van der Waals surface area contributed by atoms with Gasteiger partial charge in [0, 0.05) is 10.2 Å². The first-order valence-corrected chi connectivity index (χ1v) is 6.99.